The Balaban J connectivity index is 1.47. The number of nitrogens with one attached hydrogen (secondary N) is 2. The molecule has 0 aromatic carbocycles. The molecule has 4 bridgehead atoms. The third-order valence-electron chi connectivity index (χ3n) is 5.45. The first-order chi connectivity index (χ1) is 8.71. The maximum Gasteiger partial charge on any atom is 0.103 e. The lowest BCUT2D eigenvalue weighted by Gasteiger charge is -2.57. The molecule has 4 aliphatic carbocycles. The zero-order valence-electron chi connectivity index (χ0n) is 11.2. The Morgan fingerprint density at radius 1 is 1.22 bits per heavy atom. The summed E-state index contributed by atoms with van der Waals surface area (Å²) in [5, 5.41) is 3.89. The van der Waals surface area contributed by atoms with E-state index in [1.807, 2.05) is 13.1 Å². The van der Waals surface area contributed by atoms with E-state index >= 15 is 0 Å². The lowest BCUT2D eigenvalue weighted by atomic mass is 9.53. The average molecular weight is 245 g/mol. The van der Waals surface area contributed by atoms with Gasteiger partial charge in [-0.1, -0.05) is 0 Å². The minimum Gasteiger partial charge on any atom is -0.345 e. The Kier molecular flexibility index (Phi) is 2.35. The van der Waals surface area contributed by atoms with E-state index in [2.05, 4.69) is 15.3 Å². The van der Waals surface area contributed by atoms with Crippen molar-refractivity contribution in [3.05, 3.63) is 17.7 Å². The molecule has 0 spiro atoms. The van der Waals surface area contributed by atoms with E-state index in [4.69, 9.17) is 0 Å². The fourth-order valence-corrected chi connectivity index (χ4v) is 5.17. The molecule has 0 unspecified atom stereocenters. The number of aryl methyl sites for hydroxylation is 1. The lowest BCUT2D eigenvalue weighted by Crippen LogP contribution is -2.58. The van der Waals surface area contributed by atoms with Crippen LogP contribution in [-0.2, 0) is 6.54 Å². The number of imidazole rings is 1. The van der Waals surface area contributed by atoms with Crippen LogP contribution < -0.4 is 5.32 Å². The average Bonchev–Trinajstić information content (AvgIpc) is 2.71. The summed E-state index contributed by atoms with van der Waals surface area (Å²) in [7, 11) is 0. The van der Waals surface area contributed by atoms with Gasteiger partial charge in [-0.05, 0) is 63.2 Å². The van der Waals surface area contributed by atoms with E-state index < -0.39 is 0 Å². The van der Waals surface area contributed by atoms with Gasteiger partial charge in [0.15, 0.2) is 0 Å². The zero-order chi connectivity index (χ0) is 12.2. The number of aromatic amines is 1. The number of hydrogen-bond acceptors (Lipinski definition) is 2. The summed E-state index contributed by atoms with van der Waals surface area (Å²) in [6.45, 7) is 2.99. The van der Waals surface area contributed by atoms with Gasteiger partial charge in [0.2, 0.25) is 0 Å². The van der Waals surface area contributed by atoms with Crippen molar-refractivity contribution in [1.29, 1.82) is 0 Å². The number of aromatic nitrogens is 2. The quantitative estimate of drug-likeness (QED) is 0.859. The molecule has 0 saturated heterocycles. The van der Waals surface area contributed by atoms with Crippen molar-refractivity contribution in [3.63, 3.8) is 0 Å². The second-order valence-electron chi connectivity index (χ2n) is 7.05. The normalized spacial score (nSPS) is 41.5. The number of nitrogens with zero attached hydrogens (tertiary/aromatic N) is 1. The Labute approximate surface area is 109 Å². The van der Waals surface area contributed by atoms with Crippen LogP contribution in [-0.4, -0.2) is 15.5 Å². The number of hydrogen-bond donors (Lipinski definition) is 2. The van der Waals surface area contributed by atoms with Gasteiger partial charge >= 0.3 is 0 Å². The van der Waals surface area contributed by atoms with Gasteiger partial charge < -0.3 is 10.3 Å². The molecule has 4 fully saturated rings. The molecule has 4 aliphatic rings. The van der Waals surface area contributed by atoms with Gasteiger partial charge in [-0.2, -0.15) is 0 Å². The monoisotopic (exact) mass is 245 g/mol. The highest BCUT2D eigenvalue weighted by molar-refractivity contribution is 5.08. The van der Waals surface area contributed by atoms with Crippen LogP contribution in [0.3, 0.4) is 0 Å². The minimum absolute atomic E-state index is 0.466. The molecule has 0 amide bonds. The third kappa shape index (κ3) is 1.80. The van der Waals surface area contributed by atoms with E-state index in [1.54, 1.807) is 0 Å². The van der Waals surface area contributed by atoms with Gasteiger partial charge in [0.05, 0.1) is 0 Å². The first kappa shape index (κ1) is 11.0. The van der Waals surface area contributed by atoms with Crippen LogP contribution in [0.15, 0.2) is 6.20 Å². The van der Waals surface area contributed by atoms with Crippen LogP contribution in [0.25, 0.3) is 0 Å². The van der Waals surface area contributed by atoms with Crippen molar-refractivity contribution in [1.82, 2.24) is 15.3 Å². The van der Waals surface area contributed by atoms with Crippen molar-refractivity contribution in [2.45, 2.75) is 57.5 Å². The summed E-state index contributed by atoms with van der Waals surface area (Å²) in [6.07, 6.45) is 10.8. The van der Waals surface area contributed by atoms with Crippen molar-refractivity contribution in [2.24, 2.45) is 17.8 Å². The Hall–Kier alpha value is -0.830. The standard InChI is InChI=1S/C15H23N3/c1-10-16-8-14(18-10)9-17-15-5-11-2-12(6-15)4-13(3-11)7-15/h8,11-13,17H,2-7,9H2,1H3,(H,16,18). The van der Waals surface area contributed by atoms with Crippen LogP contribution in [0, 0.1) is 24.7 Å². The first-order valence-corrected chi connectivity index (χ1v) is 7.46. The van der Waals surface area contributed by atoms with Crippen LogP contribution in [0.1, 0.15) is 50.0 Å². The summed E-state index contributed by atoms with van der Waals surface area (Å²) < 4.78 is 0. The summed E-state index contributed by atoms with van der Waals surface area (Å²) >= 11 is 0. The molecular weight excluding hydrogens is 222 g/mol. The second kappa shape index (κ2) is 3.83. The molecule has 3 heteroatoms. The maximum atomic E-state index is 4.29. The van der Waals surface area contributed by atoms with Gasteiger partial charge in [0, 0.05) is 24.0 Å². The molecule has 1 heterocycles. The van der Waals surface area contributed by atoms with Crippen molar-refractivity contribution >= 4 is 0 Å². The molecule has 1 aromatic rings. The highest BCUT2D eigenvalue weighted by Gasteiger charge is 2.50. The highest BCUT2D eigenvalue weighted by Crippen LogP contribution is 2.55. The summed E-state index contributed by atoms with van der Waals surface area (Å²) in [5.41, 5.74) is 1.71. The Morgan fingerprint density at radius 2 is 1.83 bits per heavy atom. The summed E-state index contributed by atoms with van der Waals surface area (Å²) in [6, 6.07) is 0. The molecule has 0 atom stereocenters. The second-order valence-corrected chi connectivity index (χ2v) is 7.05. The van der Waals surface area contributed by atoms with E-state index in [1.165, 1.54) is 44.2 Å². The lowest BCUT2D eigenvalue weighted by molar-refractivity contribution is -0.0207. The highest BCUT2D eigenvalue weighted by atomic mass is 15.0. The molecule has 98 valence electrons. The van der Waals surface area contributed by atoms with E-state index in [0.717, 1.165) is 30.1 Å². The molecule has 4 saturated carbocycles. The van der Waals surface area contributed by atoms with Crippen LogP contribution in [0.5, 0.6) is 0 Å². The molecular formula is C15H23N3. The molecule has 3 nitrogen and oxygen atoms in total. The number of H-pyrrole nitrogens is 1. The van der Waals surface area contributed by atoms with Crippen LogP contribution in [0.2, 0.25) is 0 Å². The zero-order valence-corrected chi connectivity index (χ0v) is 11.2. The van der Waals surface area contributed by atoms with E-state index in [-0.39, 0.29) is 0 Å². The summed E-state index contributed by atoms with van der Waals surface area (Å²) in [5.74, 6) is 4.09. The van der Waals surface area contributed by atoms with Crippen molar-refractivity contribution in [3.8, 4) is 0 Å². The van der Waals surface area contributed by atoms with Gasteiger partial charge in [0.1, 0.15) is 5.82 Å². The molecule has 0 radical (unpaired) electrons. The molecule has 5 rings (SSSR count). The van der Waals surface area contributed by atoms with Crippen molar-refractivity contribution < 1.29 is 0 Å². The van der Waals surface area contributed by atoms with Gasteiger partial charge in [-0.15, -0.1) is 0 Å². The van der Waals surface area contributed by atoms with E-state index in [0.29, 0.717) is 5.54 Å². The smallest absolute Gasteiger partial charge is 0.103 e. The fourth-order valence-electron chi connectivity index (χ4n) is 5.17. The van der Waals surface area contributed by atoms with E-state index in [9.17, 15) is 0 Å². The Morgan fingerprint density at radius 3 is 2.33 bits per heavy atom. The first-order valence-electron chi connectivity index (χ1n) is 7.46. The topological polar surface area (TPSA) is 40.7 Å². The minimum atomic E-state index is 0.466. The van der Waals surface area contributed by atoms with Crippen molar-refractivity contribution in [2.75, 3.05) is 0 Å². The predicted octanol–water partition coefficient (Wildman–Crippen LogP) is 2.78. The Bertz CT molecular complexity index is 413. The third-order valence-corrected chi connectivity index (χ3v) is 5.45. The fraction of sp³-hybridized carbons (Fsp3) is 0.800. The number of rotatable bonds is 3. The molecule has 18 heavy (non-hydrogen) atoms. The van der Waals surface area contributed by atoms with Gasteiger partial charge in [0.25, 0.3) is 0 Å². The largest absolute Gasteiger partial charge is 0.345 e. The molecule has 0 aliphatic heterocycles. The maximum absolute atomic E-state index is 4.29. The van der Waals surface area contributed by atoms with Crippen LogP contribution >= 0.6 is 0 Å². The summed E-state index contributed by atoms with van der Waals surface area (Å²) in [4.78, 5) is 7.62. The molecule has 2 N–H and O–H groups in total. The van der Waals surface area contributed by atoms with Gasteiger partial charge in [-0.3, -0.25) is 0 Å². The van der Waals surface area contributed by atoms with Gasteiger partial charge in [-0.25, -0.2) is 4.98 Å². The molecule has 1 aromatic heterocycles. The van der Waals surface area contributed by atoms with Crippen LogP contribution in [0.4, 0.5) is 0 Å². The predicted molar refractivity (Wildman–Crippen MR) is 71.1 cm³/mol. The SMILES string of the molecule is Cc1ncc(CNC23CC4CC(CC(C4)C2)C3)[nH]1.